The highest BCUT2D eigenvalue weighted by Crippen LogP contribution is 2.18. The average Bonchev–Trinajstić information content (AvgIpc) is 2.87. The molecule has 1 amide bonds. The Morgan fingerprint density at radius 1 is 1.45 bits per heavy atom. The van der Waals surface area contributed by atoms with Crippen LogP contribution < -0.4 is 11.1 Å². The van der Waals surface area contributed by atoms with Crippen LogP contribution in [0, 0.1) is 0 Å². The lowest BCUT2D eigenvalue weighted by Crippen LogP contribution is -2.47. The second-order valence-corrected chi connectivity index (χ2v) is 4.97. The number of benzene rings is 1. The first-order valence-electron chi connectivity index (χ1n) is 6.87. The summed E-state index contributed by atoms with van der Waals surface area (Å²) in [6, 6.07) is 7.08. The predicted octanol–water partition coefficient (Wildman–Crippen LogP) is 0.925. The van der Waals surface area contributed by atoms with E-state index >= 15 is 0 Å². The predicted molar refractivity (Wildman–Crippen MR) is 79.3 cm³/mol. The SMILES string of the molecule is CC[C@H](CO)NC(=O)C(N)Cc1c[nH]c2ccccc12. The van der Waals surface area contributed by atoms with Crippen molar-refractivity contribution in [3.05, 3.63) is 36.0 Å². The molecule has 2 rings (SSSR count). The molecule has 2 atom stereocenters. The van der Waals surface area contributed by atoms with Gasteiger partial charge in [0.2, 0.25) is 5.91 Å². The number of hydrogen-bond acceptors (Lipinski definition) is 3. The van der Waals surface area contributed by atoms with Crippen molar-refractivity contribution in [1.82, 2.24) is 10.3 Å². The number of aromatic nitrogens is 1. The van der Waals surface area contributed by atoms with Gasteiger partial charge in [-0.3, -0.25) is 4.79 Å². The third-order valence-electron chi connectivity index (χ3n) is 3.51. The lowest BCUT2D eigenvalue weighted by Gasteiger charge is -2.17. The molecule has 1 aromatic carbocycles. The maximum Gasteiger partial charge on any atom is 0.237 e. The van der Waals surface area contributed by atoms with E-state index in [4.69, 9.17) is 10.8 Å². The standard InChI is InChI=1S/C15H21N3O2/c1-2-11(9-19)18-15(20)13(16)7-10-8-17-14-6-4-3-5-12(10)14/h3-6,8,11,13,17,19H,2,7,9,16H2,1H3,(H,18,20)/t11-,13?/m1/s1. The van der Waals surface area contributed by atoms with E-state index in [0.717, 1.165) is 16.5 Å². The number of hydrogen-bond donors (Lipinski definition) is 4. The summed E-state index contributed by atoms with van der Waals surface area (Å²) in [7, 11) is 0. The van der Waals surface area contributed by atoms with Crippen molar-refractivity contribution in [2.75, 3.05) is 6.61 Å². The summed E-state index contributed by atoms with van der Waals surface area (Å²) in [5.74, 6) is -0.226. The third-order valence-corrected chi connectivity index (χ3v) is 3.51. The number of fused-ring (bicyclic) bond motifs is 1. The summed E-state index contributed by atoms with van der Waals surface area (Å²) in [4.78, 5) is 15.1. The van der Waals surface area contributed by atoms with E-state index in [0.29, 0.717) is 12.8 Å². The van der Waals surface area contributed by atoms with E-state index in [-0.39, 0.29) is 18.6 Å². The lowest BCUT2D eigenvalue weighted by molar-refractivity contribution is -0.123. The highest BCUT2D eigenvalue weighted by Gasteiger charge is 2.18. The van der Waals surface area contributed by atoms with E-state index in [2.05, 4.69) is 10.3 Å². The molecule has 2 aromatic rings. The Balaban J connectivity index is 2.04. The van der Waals surface area contributed by atoms with Gasteiger partial charge >= 0.3 is 0 Å². The molecule has 0 saturated heterocycles. The minimum absolute atomic E-state index is 0.0674. The van der Waals surface area contributed by atoms with Crippen molar-refractivity contribution in [3.8, 4) is 0 Å². The number of amides is 1. The molecule has 5 N–H and O–H groups in total. The van der Waals surface area contributed by atoms with Crippen LogP contribution >= 0.6 is 0 Å². The maximum atomic E-state index is 12.0. The molecular weight excluding hydrogens is 254 g/mol. The quantitative estimate of drug-likeness (QED) is 0.632. The van der Waals surface area contributed by atoms with Gasteiger partial charge in [0.15, 0.2) is 0 Å². The zero-order valence-electron chi connectivity index (χ0n) is 11.6. The first-order valence-corrected chi connectivity index (χ1v) is 6.87. The molecule has 0 aliphatic rings. The summed E-state index contributed by atoms with van der Waals surface area (Å²) in [6.07, 6.45) is 3.04. The van der Waals surface area contributed by atoms with E-state index < -0.39 is 6.04 Å². The number of aliphatic hydroxyl groups excluding tert-OH is 1. The van der Waals surface area contributed by atoms with E-state index in [1.54, 1.807) is 0 Å². The number of aromatic amines is 1. The molecule has 0 aliphatic heterocycles. The molecule has 1 heterocycles. The molecule has 5 heteroatoms. The summed E-state index contributed by atoms with van der Waals surface area (Å²) in [6.45, 7) is 1.84. The van der Waals surface area contributed by atoms with Gasteiger partial charge in [0.1, 0.15) is 0 Å². The second-order valence-electron chi connectivity index (χ2n) is 4.97. The van der Waals surface area contributed by atoms with Gasteiger partial charge in [0.25, 0.3) is 0 Å². The Morgan fingerprint density at radius 3 is 2.90 bits per heavy atom. The first-order chi connectivity index (χ1) is 9.65. The van der Waals surface area contributed by atoms with Crippen molar-refractivity contribution in [2.45, 2.75) is 31.8 Å². The van der Waals surface area contributed by atoms with Crippen LogP contribution in [0.3, 0.4) is 0 Å². The topological polar surface area (TPSA) is 91.1 Å². The van der Waals surface area contributed by atoms with Crippen LogP contribution in [-0.2, 0) is 11.2 Å². The molecule has 0 spiro atoms. The van der Waals surface area contributed by atoms with Gasteiger partial charge in [-0.25, -0.2) is 0 Å². The number of para-hydroxylation sites is 1. The van der Waals surface area contributed by atoms with Gasteiger partial charge in [0, 0.05) is 17.1 Å². The zero-order valence-corrected chi connectivity index (χ0v) is 11.6. The number of carbonyl (C=O) groups is 1. The Hall–Kier alpha value is -1.85. The van der Waals surface area contributed by atoms with E-state index in [1.165, 1.54) is 0 Å². The highest BCUT2D eigenvalue weighted by atomic mass is 16.3. The smallest absolute Gasteiger partial charge is 0.237 e. The molecule has 0 radical (unpaired) electrons. The summed E-state index contributed by atoms with van der Waals surface area (Å²) < 4.78 is 0. The molecule has 0 fully saturated rings. The van der Waals surface area contributed by atoms with Gasteiger partial charge < -0.3 is 21.1 Å². The molecule has 108 valence electrons. The van der Waals surface area contributed by atoms with Crippen molar-refractivity contribution in [1.29, 1.82) is 0 Å². The van der Waals surface area contributed by atoms with Crippen LogP contribution in [0.5, 0.6) is 0 Å². The van der Waals surface area contributed by atoms with E-state index in [1.807, 2.05) is 37.4 Å². The van der Waals surface area contributed by atoms with Gasteiger partial charge in [-0.15, -0.1) is 0 Å². The van der Waals surface area contributed by atoms with Crippen LogP contribution in [0.4, 0.5) is 0 Å². The van der Waals surface area contributed by atoms with Crippen molar-refractivity contribution >= 4 is 16.8 Å². The maximum absolute atomic E-state index is 12.0. The summed E-state index contributed by atoms with van der Waals surface area (Å²) in [5.41, 5.74) is 8.02. The average molecular weight is 275 g/mol. The summed E-state index contributed by atoms with van der Waals surface area (Å²) in [5, 5.41) is 12.9. The van der Waals surface area contributed by atoms with Crippen molar-refractivity contribution in [3.63, 3.8) is 0 Å². The van der Waals surface area contributed by atoms with Crippen LogP contribution in [0.2, 0.25) is 0 Å². The molecular formula is C15H21N3O2. The minimum atomic E-state index is -0.616. The van der Waals surface area contributed by atoms with Gasteiger partial charge in [-0.2, -0.15) is 0 Å². The number of nitrogens with two attached hydrogens (primary N) is 1. The molecule has 1 aromatic heterocycles. The van der Waals surface area contributed by atoms with Gasteiger partial charge in [0.05, 0.1) is 18.7 Å². The largest absolute Gasteiger partial charge is 0.394 e. The number of nitrogens with one attached hydrogen (secondary N) is 2. The number of H-pyrrole nitrogens is 1. The third kappa shape index (κ3) is 3.18. The molecule has 0 bridgehead atoms. The lowest BCUT2D eigenvalue weighted by atomic mass is 10.0. The fourth-order valence-electron chi connectivity index (χ4n) is 2.22. The van der Waals surface area contributed by atoms with Crippen molar-refractivity contribution < 1.29 is 9.90 Å². The van der Waals surface area contributed by atoms with Gasteiger partial charge in [-0.1, -0.05) is 25.1 Å². The summed E-state index contributed by atoms with van der Waals surface area (Å²) >= 11 is 0. The Kier molecular flexibility index (Phi) is 4.76. The minimum Gasteiger partial charge on any atom is -0.394 e. The molecule has 5 nitrogen and oxygen atoms in total. The van der Waals surface area contributed by atoms with Crippen LogP contribution in [0.1, 0.15) is 18.9 Å². The van der Waals surface area contributed by atoms with Crippen LogP contribution in [0.25, 0.3) is 10.9 Å². The fourth-order valence-corrected chi connectivity index (χ4v) is 2.22. The molecule has 1 unspecified atom stereocenters. The molecule has 20 heavy (non-hydrogen) atoms. The van der Waals surface area contributed by atoms with Crippen LogP contribution in [0.15, 0.2) is 30.5 Å². The van der Waals surface area contributed by atoms with Crippen molar-refractivity contribution in [2.24, 2.45) is 5.73 Å². The number of carbonyl (C=O) groups excluding carboxylic acids is 1. The van der Waals surface area contributed by atoms with Crippen LogP contribution in [-0.4, -0.2) is 34.7 Å². The first kappa shape index (κ1) is 14.6. The van der Waals surface area contributed by atoms with Gasteiger partial charge in [-0.05, 0) is 24.5 Å². The number of rotatable bonds is 6. The number of aliphatic hydroxyl groups is 1. The fraction of sp³-hybridized carbons (Fsp3) is 0.400. The van der Waals surface area contributed by atoms with E-state index in [9.17, 15) is 4.79 Å². The normalized spacial score (nSPS) is 14.2. The molecule has 0 saturated carbocycles. The second kappa shape index (κ2) is 6.54. The monoisotopic (exact) mass is 275 g/mol. The zero-order chi connectivity index (χ0) is 14.5. The molecule has 0 aliphatic carbocycles. The highest BCUT2D eigenvalue weighted by molar-refractivity contribution is 5.86. The Bertz CT molecular complexity index is 575. The Labute approximate surface area is 118 Å². The Morgan fingerprint density at radius 2 is 2.20 bits per heavy atom.